The molecule has 0 fully saturated rings. The zero-order valence-electron chi connectivity index (χ0n) is 13.1. The summed E-state index contributed by atoms with van der Waals surface area (Å²) in [5.41, 5.74) is 4.52. The van der Waals surface area contributed by atoms with E-state index in [0.29, 0.717) is 0 Å². The lowest BCUT2D eigenvalue weighted by Crippen LogP contribution is -2.47. The highest BCUT2D eigenvalue weighted by Crippen LogP contribution is 2.26. The van der Waals surface area contributed by atoms with E-state index in [9.17, 15) is 13.2 Å². The Morgan fingerprint density at radius 1 is 1.04 bits per heavy atom. The molecule has 24 heavy (non-hydrogen) atoms. The second kappa shape index (κ2) is 7.02. The first-order chi connectivity index (χ1) is 11.6. The van der Waals surface area contributed by atoms with Gasteiger partial charge in [-0.3, -0.25) is 10.2 Å². The normalized spacial score (nSPS) is 14.1. The summed E-state index contributed by atoms with van der Waals surface area (Å²) in [6.45, 7) is 0.879. The number of anilines is 1. The summed E-state index contributed by atoms with van der Waals surface area (Å²) in [4.78, 5) is 16.3. The first-order valence-corrected chi connectivity index (χ1v) is 9.23. The number of nitrogens with one attached hydrogen (secondary N) is 2. The van der Waals surface area contributed by atoms with Crippen molar-refractivity contribution in [2.75, 3.05) is 18.0 Å². The van der Waals surface area contributed by atoms with Crippen LogP contribution in [0.2, 0.25) is 0 Å². The number of carbonyl (C=O) groups excluding carboxylic acids is 1. The molecule has 7 heteroatoms. The van der Waals surface area contributed by atoms with Gasteiger partial charge in [0.1, 0.15) is 0 Å². The molecule has 126 valence electrons. The number of benzene rings is 2. The molecule has 0 atom stereocenters. The van der Waals surface area contributed by atoms with Crippen LogP contribution in [0.4, 0.5) is 5.69 Å². The standard InChI is InChI=1S/C17H19N3O3S/c21-17(18-19-24(22,23)15-9-2-1-3-10-15)13-20-12-6-8-14-7-4-5-11-16(14)20/h1-5,7,9-11,19H,6,8,12-13H2,(H,18,21). The maximum Gasteiger partial charge on any atom is 0.257 e. The molecule has 2 aromatic carbocycles. The molecule has 1 aliphatic heterocycles. The van der Waals surface area contributed by atoms with Crippen LogP contribution in [0.25, 0.3) is 0 Å². The van der Waals surface area contributed by atoms with Gasteiger partial charge < -0.3 is 4.90 Å². The van der Waals surface area contributed by atoms with Gasteiger partial charge in [-0.25, -0.2) is 8.42 Å². The summed E-state index contributed by atoms with van der Waals surface area (Å²) < 4.78 is 24.2. The minimum Gasteiger partial charge on any atom is -0.362 e. The highest BCUT2D eigenvalue weighted by atomic mass is 32.2. The number of amides is 1. The van der Waals surface area contributed by atoms with Gasteiger partial charge in [0.15, 0.2) is 0 Å². The quantitative estimate of drug-likeness (QED) is 0.804. The van der Waals surface area contributed by atoms with Crippen LogP contribution in [-0.2, 0) is 21.2 Å². The summed E-state index contributed by atoms with van der Waals surface area (Å²) in [6.07, 6.45) is 1.97. The highest BCUT2D eigenvalue weighted by Gasteiger charge is 2.20. The Morgan fingerprint density at radius 3 is 2.54 bits per heavy atom. The third-order valence-electron chi connectivity index (χ3n) is 3.92. The Balaban J connectivity index is 1.61. The fraction of sp³-hybridized carbons (Fsp3) is 0.235. The summed E-state index contributed by atoms with van der Waals surface area (Å²) in [6, 6.07) is 15.9. The fourth-order valence-electron chi connectivity index (χ4n) is 2.77. The zero-order chi connectivity index (χ0) is 17.0. The number of rotatable bonds is 5. The smallest absolute Gasteiger partial charge is 0.257 e. The molecular weight excluding hydrogens is 326 g/mol. The number of fused-ring (bicyclic) bond motifs is 1. The Bertz CT molecular complexity index is 822. The largest absolute Gasteiger partial charge is 0.362 e. The van der Waals surface area contributed by atoms with Crippen molar-refractivity contribution in [1.29, 1.82) is 0 Å². The van der Waals surface area contributed by atoms with Crippen LogP contribution in [0.3, 0.4) is 0 Å². The van der Waals surface area contributed by atoms with E-state index in [0.717, 1.165) is 25.1 Å². The van der Waals surface area contributed by atoms with Gasteiger partial charge >= 0.3 is 0 Å². The lowest BCUT2D eigenvalue weighted by molar-refractivity contribution is -0.120. The zero-order valence-corrected chi connectivity index (χ0v) is 13.9. The molecule has 2 N–H and O–H groups in total. The van der Waals surface area contributed by atoms with Crippen molar-refractivity contribution >= 4 is 21.6 Å². The Morgan fingerprint density at radius 2 is 1.75 bits per heavy atom. The molecule has 1 heterocycles. The monoisotopic (exact) mass is 345 g/mol. The molecule has 2 aromatic rings. The maximum absolute atomic E-state index is 12.1. The van der Waals surface area contributed by atoms with E-state index in [1.807, 2.05) is 23.1 Å². The van der Waals surface area contributed by atoms with E-state index in [-0.39, 0.29) is 11.4 Å². The third kappa shape index (κ3) is 3.74. The SMILES string of the molecule is O=C(CN1CCCc2ccccc21)NNS(=O)(=O)c1ccccc1. The van der Waals surface area contributed by atoms with E-state index in [1.54, 1.807) is 18.2 Å². The third-order valence-corrected chi connectivity index (χ3v) is 5.18. The fourth-order valence-corrected chi connectivity index (χ4v) is 3.65. The minimum atomic E-state index is -3.76. The molecule has 3 rings (SSSR count). The number of hydrogen-bond acceptors (Lipinski definition) is 4. The molecule has 0 bridgehead atoms. The Labute approximate surface area is 141 Å². The molecule has 1 amide bonds. The van der Waals surface area contributed by atoms with E-state index in [1.165, 1.54) is 17.7 Å². The van der Waals surface area contributed by atoms with Crippen LogP contribution in [0.5, 0.6) is 0 Å². The summed E-state index contributed by atoms with van der Waals surface area (Å²) >= 11 is 0. The average molecular weight is 345 g/mol. The van der Waals surface area contributed by atoms with Crippen molar-refractivity contribution in [1.82, 2.24) is 10.3 Å². The van der Waals surface area contributed by atoms with Gasteiger partial charge in [-0.1, -0.05) is 36.4 Å². The van der Waals surface area contributed by atoms with Gasteiger partial charge in [-0.15, -0.1) is 4.83 Å². The summed E-state index contributed by atoms with van der Waals surface area (Å²) in [7, 11) is -3.76. The maximum atomic E-state index is 12.1. The molecule has 0 unspecified atom stereocenters. The van der Waals surface area contributed by atoms with Crippen molar-refractivity contribution in [3.8, 4) is 0 Å². The van der Waals surface area contributed by atoms with E-state index in [4.69, 9.17) is 0 Å². The van der Waals surface area contributed by atoms with Gasteiger partial charge in [0.25, 0.3) is 15.9 Å². The second-order valence-corrected chi connectivity index (χ2v) is 7.30. The molecule has 0 aromatic heterocycles. The number of sulfonamides is 1. The number of nitrogens with zero attached hydrogens (tertiary/aromatic N) is 1. The first kappa shape index (κ1) is 16.5. The Hall–Kier alpha value is -2.38. The number of carbonyl (C=O) groups is 1. The van der Waals surface area contributed by atoms with Crippen molar-refractivity contribution < 1.29 is 13.2 Å². The van der Waals surface area contributed by atoms with Crippen molar-refractivity contribution in [2.24, 2.45) is 0 Å². The van der Waals surface area contributed by atoms with Gasteiger partial charge in [0.2, 0.25) is 0 Å². The first-order valence-electron chi connectivity index (χ1n) is 7.75. The van der Waals surface area contributed by atoms with Gasteiger partial charge in [0.05, 0.1) is 11.4 Å². The lowest BCUT2D eigenvalue weighted by atomic mass is 10.0. The second-order valence-electron chi connectivity index (χ2n) is 5.62. The van der Waals surface area contributed by atoms with Crippen molar-refractivity contribution in [2.45, 2.75) is 17.7 Å². The molecule has 0 saturated heterocycles. The molecular formula is C17H19N3O3S. The molecule has 0 aliphatic carbocycles. The molecule has 0 saturated carbocycles. The van der Waals surface area contributed by atoms with Crippen LogP contribution in [0.15, 0.2) is 59.5 Å². The van der Waals surface area contributed by atoms with E-state index < -0.39 is 15.9 Å². The van der Waals surface area contributed by atoms with Crippen LogP contribution in [0, 0.1) is 0 Å². The van der Waals surface area contributed by atoms with Crippen molar-refractivity contribution in [3.05, 3.63) is 60.2 Å². The predicted molar refractivity (Wildman–Crippen MR) is 91.9 cm³/mol. The molecule has 0 spiro atoms. The number of hydrogen-bond donors (Lipinski definition) is 2. The topological polar surface area (TPSA) is 78.5 Å². The van der Waals surface area contributed by atoms with E-state index in [2.05, 4.69) is 16.3 Å². The summed E-state index contributed by atoms with van der Waals surface area (Å²) in [5.74, 6) is -0.397. The molecule has 1 aliphatic rings. The van der Waals surface area contributed by atoms with Gasteiger partial charge in [-0.2, -0.15) is 0 Å². The van der Waals surface area contributed by atoms with Crippen LogP contribution in [0.1, 0.15) is 12.0 Å². The minimum absolute atomic E-state index is 0.105. The predicted octanol–water partition coefficient (Wildman–Crippen LogP) is 1.45. The van der Waals surface area contributed by atoms with Crippen LogP contribution < -0.4 is 15.2 Å². The van der Waals surface area contributed by atoms with Crippen LogP contribution in [-0.4, -0.2) is 27.4 Å². The van der Waals surface area contributed by atoms with E-state index >= 15 is 0 Å². The molecule has 0 radical (unpaired) electrons. The Kier molecular flexibility index (Phi) is 4.82. The van der Waals surface area contributed by atoms with Gasteiger partial charge in [0, 0.05) is 12.2 Å². The van der Waals surface area contributed by atoms with Crippen LogP contribution >= 0.6 is 0 Å². The van der Waals surface area contributed by atoms with Crippen molar-refractivity contribution in [3.63, 3.8) is 0 Å². The average Bonchev–Trinajstić information content (AvgIpc) is 2.61. The summed E-state index contributed by atoms with van der Waals surface area (Å²) in [5, 5.41) is 0. The molecule has 6 nitrogen and oxygen atoms in total. The van der Waals surface area contributed by atoms with Gasteiger partial charge in [-0.05, 0) is 36.6 Å². The number of hydrazine groups is 1. The number of para-hydroxylation sites is 1. The highest BCUT2D eigenvalue weighted by molar-refractivity contribution is 7.89. The number of aryl methyl sites for hydroxylation is 1. The lowest BCUT2D eigenvalue weighted by Gasteiger charge is -2.30.